The van der Waals surface area contributed by atoms with Gasteiger partial charge in [0.25, 0.3) is 0 Å². The maximum absolute atomic E-state index is 12.4. The molecule has 2 aromatic rings. The van der Waals surface area contributed by atoms with E-state index in [1.54, 1.807) is 0 Å². The maximum atomic E-state index is 12.4. The average Bonchev–Trinajstić information content (AvgIpc) is 2.53. The second kappa shape index (κ2) is 6.44. The zero-order valence-electron chi connectivity index (χ0n) is 11.8. The molecule has 3 heteroatoms. The molecule has 1 aliphatic heterocycles. The summed E-state index contributed by atoms with van der Waals surface area (Å²) < 4.78 is 6.84. The van der Waals surface area contributed by atoms with Crippen LogP contribution in [0.1, 0.15) is 40.7 Å². The molecule has 0 N–H and O–H groups in total. The number of benzene rings is 2. The summed E-state index contributed by atoms with van der Waals surface area (Å²) in [5, 5.41) is 0. The van der Waals surface area contributed by atoms with E-state index < -0.39 is 0 Å². The highest BCUT2D eigenvalue weighted by atomic mass is 79.9. The Balaban J connectivity index is 1.96. The van der Waals surface area contributed by atoms with Crippen LogP contribution in [0.2, 0.25) is 0 Å². The average molecular weight is 345 g/mol. The highest BCUT2D eigenvalue weighted by Crippen LogP contribution is 2.27. The maximum Gasteiger partial charge on any atom is 0.166 e. The first-order valence-electron chi connectivity index (χ1n) is 7.26. The molecule has 0 fully saturated rings. The van der Waals surface area contributed by atoms with Gasteiger partial charge in [-0.1, -0.05) is 40.2 Å². The molecular formula is C18H17BrO2. The lowest BCUT2D eigenvalue weighted by molar-refractivity contribution is 0.0975. The lowest BCUT2D eigenvalue weighted by Crippen LogP contribution is -2.04. The SMILES string of the molecule is O=C1CCCCc2ccccc2COc2ccc(Br)cc21. The Morgan fingerprint density at radius 1 is 0.952 bits per heavy atom. The van der Waals surface area contributed by atoms with Crippen LogP contribution < -0.4 is 4.74 Å². The van der Waals surface area contributed by atoms with Crippen molar-refractivity contribution in [2.45, 2.75) is 32.3 Å². The van der Waals surface area contributed by atoms with Crippen LogP contribution in [0.25, 0.3) is 0 Å². The Kier molecular flexibility index (Phi) is 4.39. The summed E-state index contributed by atoms with van der Waals surface area (Å²) in [5.74, 6) is 0.845. The summed E-state index contributed by atoms with van der Waals surface area (Å²) in [4.78, 5) is 12.4. The van der Waals surface area contributed by atoms with Crippen LogP contribution in [-0.2, 0) is 13.0 Å². The Labute approximate surface area is 133 Å². The predicted octanol–water partition coefficient (Wildman–Crippen LogP) is 4.94. The van der Waals surface area contributed by atoms with E-state index >= 15 is 0 Å². The molecular weight excluding hydrogens is 328 g/mol. The topological polar surface area (TPSA) is 26.3 Å². The normalized spacial score (nSPS) is 15.4. The minimum absolute atomic E-state index is 0.164. The van der Waals surface area contributed by atoms with E-state index in [0.29, 0.717) is 24.3 Å². The molecule has 0 atom stereocenters. The Morgan fingerprint density at radius 3 is 2.57 bits per heavy atom. The number of hydrogen-bond acceptors (Lipinski definition) is 2. The van der Waals surface area contributed by atoms with Gasteiger partial charge in [0.15, 0.2) is 5.78 Å². The molecule has 0 bridgehead atoms. The van der Waals surface area contributed by atoms with Gasteiger partial charge in [0, 0.05) is 10.9 Å². The van der Waals surface area contributed by atoms with Crippen molar-refractivity contribution in [3.63, 3.8) is 0 Å². The van der Waals surface area contributed by atoms with Crippen molar-refractivity contribution >= 4 is 21.7 Å². The van der Waals surface area contributed by atoms with Gasteiger partial charge in [0.1, 0.15) is 12.4 Å². The number of fused-ring (bicyclic) bond motifs is 2. The summed E-state index contributed by atoms with van der Waals surface area (Å²) in [6.45, 7) is 0.512. The summed E-state index contributed by atoms with van der Waals surface area (Å²) in [5.41, 5.74) is 3.22. The minimum atomic E-state index is 0.164. The lowest BCUT2D eigenvalue weighted by atomic mass is 10.00. The van der Waals surface area contributed by atoms with Crippen LogP contribution in [0.5, 0.6) is 5.75 Å². The third kappa shape index (κ3) is 3.35. The van der Waals surface area contributed by atoms with Crippen LogP contribution >= 0.6 is 15.9 Å². The number of carbonyl (C=O) groups is 1. The number of hydrogen-bond donors (Lipinski definition) is 0. The van der Waals surface area contributed by atoms with E-state index in [2.05, 4.69) is 34.1 Å². The van der Waals surface area contributed by atoms with Gasteiger partial charge < -0.3 is 4.74 Å². The van der Waals surface area contributed by atoms with Gasteiger partial charge in [-0.15, -0.1) is 0 Å². The van der Waals surface area contributed by atoms with E-state index in [9.17, 15) is 4.79 Å². The number of Topliss-reactive ketones (excluding diaryl/α,β-unsaturated/α-hetero) is 1. The number of ketones is 1. The van der Waals surface area contributed by atoms with E-state index in [1.165, 1.54) is 11.1 Å². The predicted molar refractivity (Wildman–Crippen MR) is 86.8 cm³/mol. The number of aryl methyl sites for hydroxylation is 1. The number of carbonyl (C=O) groups excluding carboxylic acids is 1. The van der Waals surface area contributed by atoms with E-state index in [4.69, 9.17) is 4.74 Å². The van der Waals surface area contributed by atoms with Gasteiger partial charge >= 0.3 is 0 Å². The van der Waals surface area contributed by atoms with Crippen molar-refractivity contribution in [3.8, 4) is 5.75 Å². The molecule has 0 saturated heterocycles. The number of rotatable bonds is 0. The molecule has 3 rings (SSSR count). The Hall–Kier alpha value is -1.61. The molecule has 0 radical (unpaired) electrons. The van der Waals surface area contributed by atoms with Crippen LogP contribution in [0.3, 0.4) is 0 Å². The van der Waals surface area contributed by atoms with Crippen molar-refractivity contribution in [2.24, 2.45) is 0 Å². The first kappa shape index (κ1) is 14.3. The molecule has 0 aromatic heterocycles. The summed E-state index contributed by atoms with van der Waals surface area (Å²) in [7, 11) is 0. The molecule has 21 heavy (non-hydrogen) atoms. The Morgan fingerprint density at radius 2 is 1.71 bits per heavy atom. The van der Waals surface area contributed by atoms with E-state index in [0.717, 1.165) is 23.7 Å². The molecule has 0 saturated carbocycles. The third-order valence-corrected chi connectivity index (χ3v) is 4.34. The van der Waals surface area contributed by atoms with Gasteiger partial charge in [-0.3, -0.25) is 4.79 Å². The third-order valence-electron chi connectivity index (χ3n) is 3.84. The summed E-state index contributed by atoms with van der Waals surface area (Å²) in [6, 6.07) is 14.0. The molecule has 0 aliphatic carbocycles. The summed E-state index contributed by atoms with van der Waals surface area (Å²) >= 11 is 3.43. The van der Waals surface area contributed by atoms with Crippen LogP contribution in [0, 0.1) is 0 Å². The van der Waals surface area contributed by atoms with Gasteiger partial charge in [-0.05, 0) is 48.6 Å². The van der Waals surface area contributed by atoms with Gasteiger partial charge in [-0.2, -0.15) is 0 Å². The van der Waals surface area contributed by atoms with E-state index in [1.807, 2.05) is 24.3 Å². The largest absolute Gasteiger partial charge is 0.488 e. The molecule has 1 aliphatic rings. The fourth-order valence-electron chi connectivity index (χ4n) is 2.68. The van der Waals surface area contributed by atoms with E-state index in [-0.39, 0.29) is 5.78 Å². The monoisotopic (exact) mass is 344 g/mol. The lowest BCUT2D eigenvalue weighted by Gasteiger charge is -2.12. The highest BCUT2D eigenvalue weighted by molar-refractivity contribution is 9.10. The zero-order valence-corrected chi connectivity index (χ0v) is 13.4. The van der Waals surface area contributed by atoms with Crippen molar-refractivity contribution < 1.29 is 9.53 Å². The van der Waals surface area contributed by atoms with Gasteiger partial charge in [0.2, 0.25) is 0 Å². The van der Waals surface area contributed by atoms with Crippen molar-refractivity contribution in [2.75, 3.05) is 0 Å². The first-order valence-corrected chi connectivity index (χ1v) is 8.05. The second-order valence-electron chi connectivity index (χ2n) is 5.33. The highest BCUT2D eigenvalue weighted by Gasteiger charge is 2.15. The fourth-order valence-corrected chi connectivity index (χ4v) is 3.04. The fraction of sp³-hybridized carbons (Fsp3) is 0.278. The quantitative estimate of drug-likeness (QED) is 0.676. The molecule has 2 nitrogen and oxygen atoms in total. The standard InChI is InChI=1S/C18H17BrO2/c19-15-9-10-18-16(11-15)17(20)8-4-3-6-13-5-1-2-7-14(13)12-21-18/h1-2,5,7,9-11H,3-4,6,8,12H2. The molecule has 108 valence electrons. The summed E-state index contributed by atoms with van der Waals surface area (Å²) in [6.07, 6.45) is 3.53. The smallest absolute Gasteiger partial charge is 0.166 e. The van der Waals surface area contributed by atoms with Crippen molar-refractivity contribution in [1.29, 1.82) is 0 Å². The molecule has 0 amide bonds. The molecule has 2 aromatic carbocycles. The Bertz CT molecular complexity index is 664. The number of ether oxygens (including phenoxy) is 1. The molecule has 1 heterocycles. The van der Waals surface area contributed by atoms with Gasteiger partial charge in [-0.25, -0.2) is 0 Å². The van der Waals surface area contributed by atoms with Gasteiger partial charge in [0.05, 0.1) is 5.56 Å². The minimum Gasteiger partial charge on any atom is -0.488 e. The second-order valence-corrected chi connectivity index (χ2v) is 6.24. The number of halogens is 1. The van der Waals surface area contributed by atoms with Crippen LogP contribution in [-0.4, -0.2) is 5.78 Å². The first-order chi connectivity index (χ1) is 10.2. The van der Waals surface area contributed by atoms with Crippen LogP contribution in [0.15, 0.2) is 46.9 Å². The molecule has 0 unspecified atom stereocenters. The van der Waals surface area contributed by atoms with Crippen molar-refractivity contribution in [3.05, 3.63) is 63.6 Å². The van der Waals surface area contributed by atoms with Crippen molar-refractivity contribution in [1.82, 2.24) is 0 Å². The zero-order chi connectivity index (χ0) is 14.7. The van der Waals surface area contributed by atoms with Crippen LogP contribution in [0.4, 0.5) is 0 Å². The molecule has 0 spiro atoms.